The maximum atomic E-state index is 11.0. The smallest absolute Gasteiger partial charge is 0.269 e. The molecule has 28 heavy (non-hydrogen) atoms. The van der Waals surface area contributed by atoms with Gasteiger partial charge < -0.3 is 9.15 Å². The molecule has 5 heteroatoms. The van der Waals surface area contributed by atoms with E-state index >= 15 is 0 Å². The van der Waals surface area contributed by atoms with Gasteiger partial charge in [-0.05, 0) is 35.9 Å². The number of furan rings is 1. The molecule has 0 spiro atoms. The molecular weight excluding hydrogens is 354 g/mol. The van der Waals surface area contributed by atoms with Gasteiger partial charge in [0.15, 0.2) is 0 Å². The van der Waals surface area contributed by atoms with Crippen LogP contribution in [0.15, 0.2) is 83.3 Å². The van der Waals surface area contributed by atoms with Gasteiger partial charge in [0.05, 0.1) is 4.92 Å². The Morgan fingerprint density at radius 2 is 1.64 bits per heavy atom. The number of fused-ring (bicyclic) bond motifs is 2. The number of para-hydroxylation sites is 2. The van der Waals surface area contributed by atoms with Crippen molar-refractivity contribution in [3.8, 4) is 5.75 Å². The van der Waals surface area contributed by atoms with Crippen LogP contribution in [-0.2, 0) is 0 Å². The molecule has 136 valence electrons. The third-order valence-electron chi connectivity index (χ3n) is 4.93. The molecule has 2 heterocycles. The number of hydrogen-bond acceptors (Lipinski definition) is 4. The highest BCUT2D eigenvalue weighted by Gasteiger charge is 2.25. The summed E-state index contributed by atoms with van der Waals surface area (Å²) in [5.74, 6) is 1.55. The zero-order chi connectivity index (χ0) is 19.1. The summed E-state index contributed by atoms with van der Waals surface area (Å²) in [6, 6.07) is 24.3. The predicted molar refractivity (Wildman–Crippen MR) is 107 cm³/mol. The quantitative estimate of drug-likeness (QED) is 0.344. The topological polar surface area (TPSA) is 65.5 Å². The van der Waals surface area contributed by atoms with E-state index in [1.165, 1.54) is 12.1 Å². The van der Waals surface area contributed by atoms with Crippen molar-refractivity contribution in [3.05, 3.63) is 106 Å². The Morgan fingerprint density at radius 3 is 2.43 bits per heavy atom. The molecule has 5 nitrogen and oxygen atoms in total. The lowest BCUT2D eigenvalue weighted by Gasteiger charge is -2.23. The van der Waals surface area contributed by atoms with Gasteiger partial charge in [0.1, 0.15) is 23.7 Å². The van der Waals surface area contributed by atoms with E-state index < -0.39 is 4.92 Å². The summed E-state index contributed by atoms with van der Waals surface area (Å²) in [6.45, 7) is 0.362. The SMILES string of the molecule is O=[N+]([O-])c1ccc(C2=C(c3cc4ccccc4o3)c3ccccc3OC2)cc1. The second kappa shape index (κ2) is 6.39. The minimum Gasteiger partial charge on any atom is -0.488 e. The Labute approximate surface area is 160 Å². The van der Waals surface area contributed by atoms with Crippen LogP contribution in [0.5, 0.6) is 5.75 Å². The minimum absolute atomic E-state index is 0.0618. The van der Waals surface area contributed by atoms with Gasteiger partial charge in [0.2, 0.25) is 0 Å². The second-order valence-electron chi connectivity index (χ2n) is 6.59. The van der Waals surface area contributed by atoms with Crippen LogP contribution >= 0.6 is 0 Å². The molecule has 0 radical (unpaired) electrons. The molecule has 3 aromatic carbocycles. The highest BCUT2D eigenvalue weighted by molar-refractivity contribution is 6.02. The van der Waals surface area contributed by atoms with Crippen molar-refractivity contribution in [1.82, 2.24) is 0 Å². The molecule has 5 rings (SSSR count). The summed E-state index contributed by atoms with van der Waals surface area (Å²) >= 11 is 0. The summed E-state index contributed by atoms with van der Waals surface area (Å²) in [6.07, 6.45) is 0. The molecule has 0 saturated heterocycles. The first-order valence-electron chi connectivity index (χ1n) is 8.90. The number of nitrogens with zero attached hydrogens (tertiary/aromatic N) is 1. The van der Waals surface area contributed by atoms with E-state index in [1.54, 1.807) is 12.1 Å². The fourth-order valence-electron chi connectivity index (χ4n) is 3.58. The van der Waals surface area contributed by atoms with Crippen LogP contribution in [0.25, 0.3) is 22.1 Å². The van der Waals surface area contributed by atoms with Crippen LogP contribution in [0.4, 0.5) is 5.69 Å². The third-order valence-corrected chi connectivity index (χ3v) is 4.93. The fraction of sp³-hybridized carbons (Fsp3) is 0.0435. The van der Waals surface area contributed by atoms with E-state index in [1.807, 2.05) is 54.6 Å². The molecule has 0 saturated carbocycles. The standard InChI is InChI=1S/C23H15NO4/c25-24(26)17-11-9-15(10-12-17)19-14-27-21-8-4-2-6-18(21)23(19)22-13-16-5-1-3-7-20(16)28-22/h1-13H,14H2. The number of nitro benzene ring substituents is 1. The van der Waals surface area contributed by atoms with Gasteiger partial charge in [-0.25, -0.2) is 0 Å². The zero-order valence-electron chi connectivity index (χ0n) is 14.8. The highest BCUT2D eigenvalue weighted by Crippen LogP contribution is 2.42. The lowest BCUT2D eigenvalue weighted by atomic mass is 9.91. The van der Waals surface area contributed by atoms with Crippen LogP contribution in [0, 0.1) is 10.1 Å². The second-order valence-corrected chi connectivity index (χ2v) is 6.59. The monoisotopic (exact) mass is 369 g/mol. The van der Waals surface area contributed by atoms with Gasteiger partial charge in [-0.2, -0.15) is 0 Å². The Bertz CT molecular complexity index is 1200. The molecule has 0 amide bonds. The maximum Gasteiger partial charge on any atom is 0.269 e. The normalized spacial score (nSPS) is 13.3. The molecule has 1 aliphatic heterocycles. The minimum atomic E-state index is -0.398. The van der Waals surface area contributed by atoms with Crippen LogP contribution in [0.1, 0.15) is 16.9 Å². The Hall–Kier alpha value is -3.86. The predicted octanol–water partition coefficient (Wildman–Crippen LogP) is 5.69. The van der Waals surface area contributed by atoms with Crippen molar-refractivity contribution in [3.63, 3.8) is 0 Å². The maximum absolute atomic E-state index is 11.0. The third kappa shape index (κ3) is 2.65. The summed E-state index contributed by atoms with van der Waals surface area (Å²) < 4.78 is 12.1. The lowest BCUT2D eigenvalue weighted by Crippen LogP contribution is -2.11. The zero-order valence-corrected chi connectivity index (χ0v) is 14.8. The van der Waals surface area contributed by atoms with E-state index in [9.17, 15) is 10.1 Å². The number of non-ortho nitro benzene ring substituents is 1. The molecule has 0 N–H and O–H groups in total. The molecule has 0 unspecified atom stereocenters. The molecule has 4 aromatic rings. The largest absolute Gasteiger partial charge is 0.488 e. The van der Waals surface area contributed by atoms with Crippen molar-refractivity contribution in [2.24, 2.45) is 0 Å². The molecule has 0 bridgehead atoms. The van der Waals surface area contributed by atoms with Crippen molar-refractivity contribution in [2.45, 2.75) is 0 Å². The number of hydrogen-bond donors (Lipinski definition) is 0. The molecule has 1 aliphatic rings. The Balaban J connectivity index is 1.75. The van der Waals surface area contributed by atoms with E-state index in [2.05, 4.69) is 0 Å². The van der Waals surface area contributed by atoms with E-state index in [0.29, 0.717) is 6.61 Å². The first-order valence-corrected chi connectivity index (χ1v) is 8.90. The fourth-order valence-corrected chi connectivity index (χ4v) is 3.58. The van der Waals surface area contributed by atoms with Crippen molar-refractivity contribution < 1.29 is 14.1 Å². The number of benzene rings is 3. The Morgan fingerprint density at radius 1 is 0.893 bits per heavy atom. The van der Waals surface area contributed by atoms with E-state index in [4.69, 9.17) is 9.15 Å². The van der Waals surface area contributed by atoms with Gasteiger partial charge in [0, 0.05) is 34.2 Å². The van der Waals surface area contributed by atoms with Crippen molar-refractivity contribution in [2.75, 3.05) is 6.61 Å². The lowest BCUT2D eigenvalue weighted by molar-refractivity contribution is -0.384. The van der Waals surface area contributed by atoms with Gasteiger partial charge in [-0.15, -0.1) is 0 Å². The average Bonchev–Trinajstić information content (AvgIpc) is 3.17. The number of rotatable bonds is 3. The van der Waals surface area contributed by atoms with Gasteiger partial charge in [0.25, 0.3) is 5.69 Å². The molecule has 0 atom stereocenters. The molecule has 1 aromatic heterocycles. The highest BCUT2D eigenvalue weighted by atomic mass is 16.6. The summed E-state index contributed by atoms with van der Waals surface area (Å²) in [7, 11) is 0. The number of nitro groups is 1. The first kappa shape index (κ1) is 16.3. The first-order chi connectivity index (χ1) is 13.7. The van der Waals surface area contributed by atoms with Crippen molar-refractivity contribution in [1.29, 1.82) is 0 Å². The van der Waals surface area contributed by atoms with Crippen molar-refractivity contribution >= 4 is 27.8 Å². The van der Waals surface area contributed by atoms with E-state index in [-0.39, 0.29) is 5.69 Å². The van der Waals surface area contributed by atoms with Gasteiger partial charge in [-0.3, -0.25) is 10.1 Å². The summed E-state index contributed by atoms with van der Waals surface area (Å²) in [5, 5.41) is 12.0. The summed E-state index contributed by atoms with van der Waals surface area (Å²) in [4.78, 5) is 10.6. The molecular formula is C23H15NO4. The molecule has 0 fully saturated rings. The average molecular weight is 369 g/mol. The van der Waals surface area contributed by atoms with Gasteiger partial charge in [-0.1, -0.05) is 36.4 Å². The molecule has 0 aliphatic carbocycles. The summed E-state index contributed by atoms with van der Waals surface area (Å²) in [5.41, 5.74) is 4.58. The van der Waals surface area contributed by atoms with E-state index in [0.717, 1.165) is 44.8 Å². The Kier molecular flexibility index (Phi) is 3.72. The van der Waals surface area contributed by atoms with Gasteiger partial charge >= 0.3 is 0 Å². The van der Waals surface area contributed by atoms with Crippen LogP contribution in [0.3, 0.4) is 0 Å². The van der Waals surface area contributed by atoms with Crippen LogP contribution in [0.2, 0.25) is 0 Å². The van der Waals surface area contributed by atoms with Crippen LogP contribution < -0.4 is 4.74 Å². The van der Waals surface area contributed by atoms with Crippen LogP contribution in [-0.4, -0.2) is 11.5 Å². The number of ether oxygens (including phenoxy) is 1.